The molecule has 0 unspecified atom stereocenters. The zero-order chi connectivity index (χ0) is 41.1. The molecule has 293 valence electrons. The Morgan fingerprint density at radius 1 is 0.500 bits per heavy atom. The van der Waals surface area contributed by atoms with Gasteiger partial charge in [0, 0.05) is 122 Å². The summed E-state index contributed by atoms with van der Waals surface area (Å²) in [6, 6.07) is 26.6. The summed E-state index contributed by atoms with van der Waals surface area (Å²) in [4.78, 5) is 23.9. The van der Waals surface area contributed by atoms with Crippen LogP contribution in [0.25, 0.3) is 10.8 Å². The molecule has 0 atom stereocenters. The molecule has 0 spiro atoms. The zero-order valence-corrected chi connectivity index (χ0v) is 40.1. The molecule has 3 radical (unpaired) electrons. The first-order valence-electron chi connectivity index (χ1n) is 15.9. The van der Waals surface area contributed by atoms with Crippen LogP contribution in [0.3, 0.4) is 0 Å². The average Bonchev–Trinajstić information content (AvgIpc) is 3.16. The summed E-state index contributed by atoms with van der Waals surface area (Å²) in [6.45, 7) is 0. The minimum Gasteiger partial charge on any atom is -0.507 e. The number of benzene rings is 6. The molecule has 0 fully saturated rings. The molecule has 0 aliphatic rings. The van der Waals surface area contributed by atoms with E-state index in [0.29, 0.717) is 23.1 Å². The van der Waals surface area contributed by atoms with Gasteiger partial charge in [-0.25, -0.2) is 0 Å². The van der Waals surface area contributed by atoms with Crippen molar-refractivity contribution in [3.8, 4) is 5.75 Å². The van der Waals surface area contributed by atoms with Crippen LogP contribution < -0.4 is 10.6 Å². The number of anilines is 2. The van der Waals surface area contributed by atoms with E-state index in [1.807, 2.05) is 0 Å². The van der Waals surface area contributed by atoms with Crippen molar-refractivity contribution < 1.29 is 53.6 Å². The summed E-state index contributed by atoms with van der Waals surface area (Å²) >= 11 is 0. The van der Waals surface area contributed by atoms with E-state index in [2.05, 4.69) is 31.1 Å². The maximum absolute atomic E-state index is 13.0. The molecule has 0 bridgehead atoms. The molecule has 18 nitrogen and oxygen atoms in total. The van der Waals surface area contributed by atoms with Crippen LogP contribution >= 0.6 is 0 Å². The van der Waals surface area contributed by atoms with Gasteiger partial charge in [0.25, 0.3) is 42.2 Å². The normalized spacial score (nSPS) is 11.7. The minimum atomic E-state index is -5.15. The van der Waals surface area contributed by atoms with Crippen molar-refractivity contribution >= 4 is 176 Å². The number of amides is 2. The molecule has 2 amide bonds. The molecule has 0 saturated heterocycles. The molecule has 6 aromatic carbocycles. The maximum Gasteiger partial charge on any atom is 0.296 e. The Morgan fingerprint density at radius 2 is 0.967 bits per heavy atom. The maximum atomic E-state index is 13.0. The number of hydrogen-bond acceptors (Lipinski definition) is 13. The third-order valence-corrected chi connectivity index (χ3v) is 10.5. The first-order valence-corrected chi connectivity index (χ1v) is 20.3. The van der Waals surface area contributed by atoms with Crippen LogP contribution in [-0.4, -0.2) is 145 Å². The van der Waals surface area contributed by atoms with Gasteiger partial charge in [0.2, 0.25) is 0 Å². The van der Waals surface area contributed by atoms with E-state index in [4.69, 9.17) is 4.55 Å². The van der Waals surface area contributed by atoms with E-state index >= 15 is 0 Å². The molecule has 0 saturated carbocycles. The number of phenolic OH excluding ortho intramolecular Hbond substituents is 1. The molecule has 0 aliphatic heterocycles. The number of carbonyl (C=O) groups excluding carboxylic acids is 2. The summed E-state index contributed by atoms with van der Waals surface area (Å²) in [7, 11) is -14.5. The van der Waals surface area contributed by atoms with Gasteiger partial charge < -0.3 is 15.7 Å². The van der Waals surface area contributed by atoms with Crippen LogP contribution in [-0.2, 0) is 30.4 Å². The van der Waals surface area contributed by atoms with Gasteiger partial charge in [-0.1, -0.05) is 18.2 Å². The average molecular weight is 900 g/mol. The second-order valence-electron chi connectivity index (χ2n) is 11.8. The van der Waals surface area contributed by atoms with E-state index in [1.165, 1.54) is 60.7 Å². The molecular formula is C36H26N6Na3O12S3. The number of nitrogens with one attached hydrogen (secondary N) is 2. The van der Waals surface area contributed by atoms with Crippen molar-refractivity contribution in [1.29, 1.82) is 0 Å². The monoisotopic (exact) mass is 899 g/mol. The fraction of sp³-hybridized carbons (Fsp3) is 0. The Kier molecular flexibility index (Phi) is 17.6. The molecule has 6 N–H and O–H groups in total. The Morgan fingerprint density at radius 3 is 1.48 bits per heavy atom. The van der Waals surface area contributed by atoms with Crippen molar-refractivity contribution in [3.63, 3.8) is 0 Å². The van der Waals surface area contributed by atoms with Gasteiger partial charge in [0.05, 0.1) is 32.5 Å². The zero-order valence-electron chi connectivity index (χ0n) is 31.6. The number of rotatable bonds is 11. The summed E-state index contributed by atoms with van der Waals surface area (Å²) < 4.78 is 101. The third-order valence-electron chi connectivity index (χ3n) is 7.92. The molecule has 24 heteroatoms. The van der Waals surface area contributed by atoms with Gasteiger partial charge in [-0.05, 0) is 97.1 Å². The molecule has 6 rings (SSSR count). The molecular weight excluding hydrogens is 874 g/mol. The Labute approximate surface area is 408 Å². The van der Waals surface area contributed by atoms with Gasteiger partial charge in [0.15, 0.2) is 0 Å². The van der Waals surface area contributed by atoms with Crippen LogP contribution in [0.15, 0.2) is 156 Å². The van der Waals surface area contributed by atoms with Gasteiger partial charge >= 0.3 is 0 Å². The predicted octanol–water partition coefficient (Wildman–Crippen LogP) is 6.48. The summed E-state index contributed by atoms with van der Waals surface area (Å²) in [5.41, 5.74) is 0.456. The van der Waals surface area contributed by atoms with Gasteiger partial charge in [-0.2, -0.15) is 40.6 Å². The number of fused-ring (bicyclic) bond motifs is 1. The summed E-state index contributed by atoms with van der Waals surface area (Å²) in [5.74, 6) is -2.09. The Balaban J connectivity index is 0.00000320. The number of phenols is 1. The van der Waals surface area contributed by atoms with Crippen molar-refractivity contribution in [2.45, 2.75) is 14.7 Å². The Hall–Kier alpha value is -3.75. The Bertz CT molecular complexity index is 2960. The minimum absolute atomic E-state index is 0. The number of azo groups is 2. The largest absolute Gasteiger partial charge is 0.507 e. The van der Waals surface area contributed by atoms with Crippen LogP contribution in [0.4, 0.5) is 34.1 Å². The van der Waals surface area contributed by atoms with E-state index in [0.717, 1.165) is 12.1 Å². The van der Waals surface area contributed by atoms with E-state index in [9.17, 15) is 49.1 Å². The standard InChI is InChI=1S/C36H26N6O12S3.3Na/c43-31-20-32(57(52,53)54)34(29-18-28(56(49,50)51)19-30(33(29)31)38-36(45)21-4-2-1-3-5-21)42-41-24-8-6-22(7-9-24)35(44)37-23-10-12-25(13-11-23)39-40-26-14-16-27(17-15-26)55(46,47)48;;;/h1-20,43H,(H,37,44)(H,38,45)(H,46,47,48)(H,49,50,51)(H,52,53,54);;;. The van der Waals surface area contributed by atoms with Crippen LogP contribution in [0.1, 0.15) is 20.7 Å². The summed E-state index contributed by atoms with van der Waals surface area (Å²) in [5, 5.41) is 31.3. The van der Waals surface area contributed by atoms with E-state index in [-0.39, 0.29) is 121 Å². The smallest absolute Gasteiger partial charge is 0.296 e. The van der Waals surface area contributed by atoms with Crippen molar-refractivity contribution in [2.75, 3.05) is 10.6 Å². The number of hydrogen-bond donors (Lipinski definition) is 6. The molecule has 0 heterocycles. The van der Waals surface area contributed by atoms with Crippen molar-refractivity contribution in [1.82, 2.24) is 0 Å². The van der Waals surface area contributed by atoms with Crippen LogP contribution in [0.5, 0.6) is 5.75 Å². The first kappa shape index (κ1) is 50.6. The fourth-order valence-electron chi connectivity index (χ4n) is 5.21. The third kappa shape index (κ3) is 12.7. The number of nitrogens with zero attached hydrogens (tertiary/aromatic N) is 4. The van der Waals surface area contributed by atoms with Crippen LogP contribution in [0, 0.1) is 0 Å². The van der Waals surface area contributed by atoms with E-state index < -0.39 is 68.8 Å². The van der Waals surface area contributed by atoms with E-state index in [1.54, 1.807) is 42.5 Å². The van der Waals surface area contributed by atoms with Crippen molar-refractivity contribution in [2.24, 2.45) is 20.5 Å². The molecule has 0 aromatic heterocycles. The van der Waals surface area contributed by atoms with Crippen LogP contribution in [0.2, 0.25) is 0 Å². The predicted molar refractivity (Wildman–Crippen MR) is 222 cm³/mol. The quantitative estimate of drug-likeness (QED) is 0.0463. The molecule has 0 aliphatic carbocycles. The van der Waals surface area contributed by atoms with Gasteiger partial charge in [0.1, 0.15) is 16.3 Å². The first-order chi connectivity index (χ1) is 26.9. The SMILES string of the molecule is O=C(Nc1ccc(N=Nc2ccc(S(=O)(=O)O)cc2)cc1)c1ccc(N=Nc2c(S(=O)(=O)O)cc(O)c3c(NC(=O)c4ccccc4)cc(S(=O)(=O)O)cc23)cc1.[Na].[Na].[Na]. The second kappa shape index (κ2) is 20.9. The topological polar surface area (TPSA) is 291 Å². The van der Waals surface area contributed by atoms with Crippen molar-refractivity contribution in [3.05, 3.63) is 132 Å². The number of carbonyl (C=O) groups is 2. The fourth-order valence-corrected chi connectivity index (χ4v) is 6.88. The molecule has 60 heavy (non-hydrogen) atoms. The van der Waals surface area contributed by atoms with Gasteiger partial charge in [-0.15, -0.1) is 5.11 Å². The summed E-state index contributed by atoms with van der Waals surface area (Å²) in [6.07, 6.45) is 0. The number of aromatic hydroxyl groups is 1. The van der Waals surface area contributed by atoms with Gasteiger partial charge in [-0.3, -0.25) is 23.2 Å². The second-order valence-corrected chi connectivity index (χ2v) is 16.1. The molecule has 6 aromatic rings.